The molecular formula is C16H28N2. The minimum atomic E-state index is 0.600. The first-order chi connectivity index (χ1) is 8.58. The van der Waals surface area contributed by atoms with Gasteiger partial charge in [-0.05, 0) is 37.5 Å². The minimum Gasteiger partial charge on any atom is -0.382 e. The highest BCUT2D eigenvalue weighted by Crippen LogP contribution is 2.24. The van der Waals surface area contributed by atoms with E-state index in [2.05, 4.69) is 63.3 Å². The molecule has 18 heavy (non-hydrogen) atoms. The highest BCUT2D eigenvalue weighted by molar-refractivity contribution is 5.62. The molecule has 0 aliphatic heterocycles. The zero-order chi connectivity index (χ0) is 13.5. The van der Waals surface area contributed by atoms with Crippen molar-refractivity contribution >= 4 is 11.4 Å². The van der Waals surface area contributed by atoms with Crippen LogP contribution in [0.3, 0.4) is 0 Å². The van der Waals surface area contributed by atoms with Crippen molar-refractivity contribution in [2.24, 2.45) is 0 Å². The Labute approximate surface area is 112 Å². The van der Waals surface area contributed by atoms with Crippen LogP contribution in [0.25, 0.3) is 0 Å². The first kappa shape index (κ1) is 14.9. The van der Waals surface area contributed by atoms with Crippen LogP contribution in [0.1, 0.15) is 45.1 Å². The second-order valence-corrected chi connectivity index (χ2v) is 5.29. The van der Waals surface area contributed by atoms with E-state index in [1.807, 2.05) is 0 Å². The smallest absolute Gasteiger partial charge is 0.0411 e. The Kier molecular flexibility index (Phi) is 6.03. The molecule has 1 aromatic carbocycles. The van der Waals surface area contributed by atoms with E-state index in [9.17, 15) is 0 Å². The maximum Gasteiger partial charge on any atom is 0.0411 e. The summed E-state index contributed by atoms with van der Waals surface area (Å²) in [4.78, 5) is 2.17. The van der Waals surface area contributed by atoms with Crippen LogP contribution in [0.5, 0.6) is 0 Å². The molecule has 0 aliphatic rings. The van der Waals surface area contributed by atoms with E-state index in [4.69, 9.17) is 0 Å². The average Bonchev–Trinajstić information content (AvgIpc) is 2.36. The predicted octanol–water partition coefficient (Wildman–Crippen LogP) is 4.44. The Morgan fingerprint density at radius 1 is 1.22 bits per heavy atom. The van der Waals surface area contributed by atoms with Crippen LogP contribution in [-0.2, 0) is 0 Å². The zero-order valence-electron chi connectivity index (χ0n) is 12.6. The second kappa shape index (κ2) is 7.30. The monoisotopic (exact) mass is 248 g/mol. The molecule has 0 saturated carbocycles. The maximum atomic E-state index is 3.66. The van der Waals surface area contributed by atoms with Crippen molar-refractivity contribution in [2.75, 3.05) is 24.3 Å². The molecule has 2 nitrogen and oxygen atoms in total. The molecule has 0 fully saturated rings. The molecule has 0 spiro atoms. The lowest BCUT2D eigenvalue weighted by Crippen LogP contribution is -2.19. The predicted molar refractivity (Wildman–Crippen MR) is 82.7 cm³/mol. The van der Waals surface area contributed by atoms with Gasteiger partial charge < -0.3 is 10.2 Å². The number of rotatable bonds is 7. The van der Waals surface area contributed by atoms with Crippen LogP contribution in [0.2, 0.25) is 0 Å². The lowest BCUT2D eigenvalue weighted by Gasteiger charge is -2.21. The number of unbranched alkanes of at least 4 members (excludes halogenated alkanes) is 1. The number of anilines is 2. The van der Waals surface area contributed by atoms with E-state index in [-0.39, 0.29) is 0 Å². The molecule has 1 N–H and O–H groups in total. The molecule has 2 heteroatoms. The number of aryl methyl sites for hydroxylation is 1. The van der Waals surface area contributed by atoms with E-state index < -0.39 is 0 Å². The molecule has 1 atom stereocenters. The third-order valence-corrected chi connectivity index (χ3v) is 3.46. The third-order valence-electron chi connectivity index (χ3n) is 3.46. The summed E-state index contributed by atoms with van der Waals surface area (Å²) in [5, 5.41) is 3.66. The van der Waals surface area contributed by atoms with Crippen LogP contribution in [-0.4, -0.2) is 20.1 Å². The van der Waals surface area contributed by atoms with Gasteiger partial charge in [0.15, 0.2) is 0 Å². The van der Waals surface area contributed by atoms with E-state index >= 15 is 0 Å². The number of benzene rings is 1. The van der Waals surface area contributed by atoms with Crippen molar-refractivity contribution < 1.29 is 0 Å². The Bertz CT molecular complexity index is 358. The van der Waals surface area contributed by atoms with Gasteiger partial charge in [0.25, 0.3) is 0 Å². The second-order valence-electron chi connectivity index (χ2n) is 5.29. The summed E-state index contributed by atoms with van der Waals surface area (Å²) in [6.07, 6.45) is 5.02. The molecule has 0 radical (unpaired) electrons. The molecule has 0 saturated heterocycles. The fraction of sp³-hybridized carbons (Fsp3) is 0.625. The first-order valence-electron chi connectivity index (χ1n) is 7.13. The average molecular weight is 248 g/mol. The van der Waals surface area contributed by atoms with E-state index in [1.165, 1.54) is 42.6 Å². The Balaban J connectivity index is 2.74. The van der Waals surface area contributed by atoms with Crippen molar-refractivity contribution in [1.29, 1.82) is 0 Å². The van der Waals surface area contributed by atoms with Crippen LogP contribution >= 0.6 is 0 Å². The Hall–Kier alpha value is -1.18. The molecule has 1 rings (SSSR count). The standard InChI is InChI=1S/C16H28N2/c1-6-8-9-14(7-2)17-15-11-10-13(3)16(12-15)18(4)5/h10-12,14,17H,6-9H2,1-5H3. The molecule has 0 heterocycles. The first-order valence-corrected chi connectivity index (χ1v) is 7.13. The van der Waals surface area contributed by atoms with Gasteiger partial charge in [-0.25, -0.2) is 0 Å². The Morgan fingerprint density at radius 2 is 1.94 bits per heavy atom. The summed E-state index contributed by atoms with van der Waals surface area (Å²) in [6, 6.07) is 7.24. The molecule has 0 aliphatic carbocycles. The normalized spacial score (nSPS) is 12.3. The number of nitrogens with one attached hydrogen (secondary N) is 1. The van der Waals surface area contributed by atoms with Crippen molar-refractivity contribution in [3.8, 4) is 0 Å². The van der Waals surface area contributed by atoms with Gasteiger partial charge in [-0.1, -0.05) is 32.8 Å². The van der Waals surface area contributed by atoms with Gasteiger partial charge in [0.05, 0.1) is 0 Å². The number of hydrogen-bond donors (Lipinski definition) is 1. The van der Waals surface area contributed by atoms with Gasteiger partial charge in [0.1, 0.15) is 0 Å². The number of nitrogens with zero attached hydrogens (tertiary/aromatic N) is 1. The van der Waals surface area contributed by atoms with Crippen molar-refractivity contribution in [3.05, 3.63) is 23.8 Å². The highest BCUT2D eigenvalue weighted by atomic mass is 15.1. The van der Waals surface area contributed by atoms with Crippen LogP contribution in [0.15, 0.2) is 18.2 Å². The highest BCUT2D eigenvalue weighted by Gasteiger charge is 2.07. The summed E-state index contributed by atoms with van der Waals surface area (Å²) in [7, 11) is 4.20. The van der Waals surface area contributed by atoms with Gasteiger partial charge in [-0.3, -0.25) is 0 Å². The summed E-state index contributed by atoms with van der Waals surface area (Å²) in [5.41, 5.74) is 3.87. The van der Waals surface area contributed by atoms with Crippen LogP contribution in [0, 0.1) is 6.92 Å². The fourth-order valence-electron chi connectivity index (χ4n) is 2.25. The van der Waals surface area contributed by atoms with Gasteiger partial charge in [-0.15, -0.1) is 0 Å². The third kappa shape index (κ3) is 4.25. The topological polar surface area (TPSA) is 15.3 Å². The summed E-state index contributed by atoms with van der Waals surface area (Å²) < 4.78 is 0. The molecule has 0 amide bonds. The molecular weight excluding hydrogens is 220 g/mol. The number of hydrogen-bond acceptors (Lipinski definition) is 2. The van der Waals surface area contributed by atoms with Gasteiger partial charge in [0.2, 0.25) is 0 Å². The quantitative estimate of drug-likeness (QED) is 0.767. The van der Waals surface area contributed by atoms with Crippen LogP contribution in [0.4, 0.5) is 11.4 Å². The van der Waals surface area contributed by atoms with E-state index in [0.29, 0.717) is 6.04 Å². The molecule has 0 bridgehead atoms. The van der Waals surface area contributed by atoms with E-state index in [1.54, 1.807) is 0 Å². The van der Waals surface area contributed by atoms with Gasteiger partial charge in [0, 0.05) is 31.5 Å². The molecule has 102 valence electrons. The largest absolute Gasteiger partial charge is 0.382 e. The van der Waals surface area contributed by atoms with Crippen LogP contribution < -0.4 is 10.2 Å². The molecule has 1 unspecified atom stereocenters. The van der Waals surface area contributed by atoms with Crippen molar-refractivity contribution in [3.63, 3.8) is 0 Å². The summed E-state index contributed by atoms with van der Waals surface area (Å²) in [5.74, 6) is 0. The SMILES string of the molecule is CCCCC(CC)Nc1ccc(C)c(N(C)C)c1. The van der Waals surface area contributed by atoms with Crippen molar-refractivity contribution in [2.45, 2.75) is 52.5 Å². The van der Waals surface area contributed by atoms with Gasteiger partial charge in [-0.2, -0.15) is 0 Å². The Morgan fingerprint density at radius 3 is 2.50 bits per heavy atom. The maximum absolute atomic E-state index is 3.66. The molecule has 1 aromatic rings. The lowest BCUT2D eigenvalue weighted by molar-refractivity contribution is 0.593. The van der Waals surface area contributed by atoms with Crippen molar-refractivity contribution in [1.82, 2.24) is 0 Å². The van der Waals surface area contributed by atoms with E-state index in [0.717, 1.165) is 0 Å². The molecule has 0 aromatic heterocycles. The zero-order valence-corrected chi connectivity index (χ0v) is 12.6. The fourth-order valence-corrected chi connectivity index (χ4v) is 2.25. The summed E-state index contributed by atoms with van der Waals surface area (Å²) in [6.45, 7) is 6.67. The lowest BCUT2D eigenvalue weighted by atomic mass is 10.1. The van der Waals surface area contributed by atoms with Gasteiger partial charge >= 0.3 is 0 Å². The minimum absolute atomic E-state index is 0.600. The summed E-state index contributed by atoms with van der Waals surface area (Å²) >= 11 is 0.